The highest BCUT2D eigenvalue weighted by Crippen LogP contribution is 2.20. The van der Waals surface area contributed by atoms with Gasteiger partial charge in [-0.05, 0) is 0 Å². The van der Waals surface area contributed by atoms with Crippen LogP contribution < -0.4 is 5.73 Å². The van der Waals surface area contributed by atoms with E-state index in [0.717, 1.165) is 5.56 Å². The van der Waals surface area contributed by atoms with Crippen molar-refractivity contribution in [3.05, 3.63) is 36.5 Å². The molecule has 0 saturated carbocycles. The Bertz CT molecular complexity index is 654. The molecule has 0 amide bonds. The number of nitrogens with two attached hydrogens (primary N) is 1. The van der Waals surface area contributed by atoms with Crippen LogP contribution in [0.4, 0.5) is 5.82 Å². The van der Waals surface area contributed by atoms with Crippen LogP contribution in [-0.2, 0) is 9.84 Å². The second-order valence-corrected chi connectivity index (χ2v) is 5.96. The molecule has 1 aromatic heterocycles. The van der Waals surface area contributed by atoms with Gasteiger partial charge in [-0.2, -0.15) is 0 Å². The number of hydrogen-bond acceptors (Lipinski definition) is 5. The van der Waals surface area contributed by atoms with Crippen molar-refractivity contribution >= 4 is 15.7 Å². The van der Waals surface area contributed by atoms with E-state index in [9.17, 15) is 8.42 Å². The van der Waals surface area contributed by atoms with E-state index in [-0.39, 0.29) is 16.5 Å². The molecule has 0 saturated heterocycles. The Morgan fingerprint density at radius 3 is 2.44 bits per heavy atom. The van der Waals surface area contributed by atoms with Gasteiger partial charge in [-0.25, -0.2) is 18.4 Å². The van der Waals surface area contributed by atoms with Gasteiger partial charge in [-0.3, -0.25) is 0 Å². The molecule has 0 atom stereocenters. The summed E-state index contributed by atoms with van der Waals surface area (Å²) in [5.74, 6) is 0.388. The van der Waals surface area contributed by atoms with Gasteiger partial charge in [0.1, 0.15) is 10.7 Å². The molecule has 18 heavy (non-hydrogen) atoms. The average Bonchev–Trinajstić information content (AvgIpc) is 2.39. The van der Waals surface area contributed by atoms with E-state index >= 15 is 0 Å². The predicted molar refractivity (Wildman–Crippen MR) is 69.6 cm³/mol. The molecule has 0 aliphatic carbocycles. The Morgan fingerprint density at radius 2 is 1.89 bits per heavy atom. The minimum Gasteiger partial charge on any atom is -0.382 e. The highest BCUT2D eigenvalue weighted by molar-refractivity contribution is 7.91. The number of benzene rings is 1. The molecule has 5 nitrogen and oxygen atoms in total. The maximum atomic E-state index is 11.7. The van der Waals surface area contributed by atoms with Crippen LogP contribution in [0.2, 0.25) is 0 Å². The lowest BCUT2D eigenvalue weighted by atomic mass is 10.2. The third-order valence-corrected chi connectivity index (χ3v) is 4.27. The molecule has 6 heteroatoms. The maximum Gasteiger partial charge on any atom is 0.183 e. The first-order valence-electron chi connectivity index (χ1n) is 5.45. The van der Waals surface area contributed by atoms with Gasteiger partial charge in [-0.1, -0.05) is 37.3 Å². The average molecular weight is 263 g/mol. The van der Waals surface area contributed by atoms with Crippen molar-refractivity contribution in [1.82, 2.24) is 9.97 Å². The molecule has 0 bridgehead atoms. The predicted octanol–water partition coefficient (Wildman–Crippen LogP) is 1.52. The number of nitrogens with zero attached hydrogens (tertiary/aromatic N) is 2. The largest absolute Gasteiger partial charge is 0.382 e. The summed E-state index contributed by atoms with van der Waals surface area (Å²) in [6, 6.07) is 9.26. The fourth-order valence-corrected chi connectivity index (χ4v) is 2.39. The minimum absolute atomic E-state index is 0.00861. The van der Waals surface area contributed by atoms with E-state index in [1.54, 1.807) is 6.92 Å². The first-order valence-corrected chi connectivity index (χ1v) is 7.10. The van der Waals surface area contributed by atoms with Gasteiger partial charge in [0, 0.05) is 5.56 Å². The fourth-order valence-electron chi connectivity index (χ4n) is 1.51. The lowest BCUT2D eigenvalue weighted by Crippen LogP contribution is -2.10. The zero-order valence-electron chi connectivity index (χ0n) is 9.87. The Labute approximate surface area is 106 Å². The molecule has 0 spiro atoms. The number of anilines is 1. The Kier molecular flexibility index (Phi) is 3.29. The normalized spacial score (nSPS) is 11.4. The van der Waals surface area contributed by atoms with Gasteiger partial charge in [0.25, 0.3) is 0 Å². The first-order chi connectivity index (χ1) is 8.54. The molecule has 2 N–H and O–H groups in total. The smallest absolute Gasteiger partial charge is 0.183 e. The van der Waals surface area contributed by atoms with Crippen LogP contribution >= 0.6 is 0 Å². The van der Waals surface area contributed by atoms with Crippen molar-refractivity contribution in [1.29, 1.82) is 0 Å². The molecular formula is C12H13N3O2S. The summed E-state index contributed by atoms with van der Waals surface area (Å²) >= 11 is 0. The van der Waals surface area contributed by atoms with Crippen molar-refractivity contribution in [2.45, 2.75) is 11.8 Å². The first kappa shape index (κ1) is 12.5. The zero-order chi connectivity index (χ0) is 13.2. The van der Waals surface area contributed by atoms with E-state index in [4.69, 9.17) is 5.73 Å². The summed E-state index contributed by atoms with van der Waals surface area (Å²) < 4.78 is 23.4. The Morgan fingerprint density at radius 1 is 1.22 bits per heavy atom. The molecule has 0 aliphatic rings. The van der Waals surface area contributed by atoms with Gasteiger partial charge >= 0.3 is 0 Å². The SMILES string of the molecule is CCS(=O)(=O)c1cnc(-c2ccccc2)nc1N. The minimum atomic E-state index is -3.38. The summed E-state index contributed by atoms with van der Waals surface area (Å²) in [6.45, 7) is 1.56. The summed E-state index contributed by atoms with van der Waals surface area (Å²) in [6.07, 6.45) is 1.27. The second-order valence-electron chi connectivity index (χ2n) is 3.71. The number of aromatic nitrogens is 2. The van der Waals surface area contributed by atoms with Gasteiger partial charge in [0.15, 0.2) is 15.7 Å². The molecule has 2 aromatic rings. The van der Waals surface area contributed by atoms with Crippen LogP contribution in [0.15, 0.2) is 41.4 Å². The van der Waals surface area contributed by atoms with Gasteiger partial charge in [0.05, 0.1) is 11.9 Å². The highest BCUT2D eigenvalue weighted by Gasteiger charge is 2.17. The lowest BCUT2D eigenvalue weighted by Gasteiger charge is -2.06. The number of nitrogen functional groups attached to an aromatic ring is 1. The van der Waals surface area contributed by atoms with E-state index in [1.807, 2.05) is 30.3 Å². The molecule has 0 fully saturated rings. The van der Waals surface area contributed by atoms with Crippen molar-refractivity contribution in [2.75, 3.05) is 11.5 Å². The van der Waals surface area contributed by atoms with Gasteiger partial charge < -0.3 is 5.73 Å². The van der Waals surface area contributed by atoms with Gasteiger partial charge in [0.2, 0.25) is 0 Å². The summed E-state index contributed by atoms with van der Waals surface area (Å²) in [5, 5.41) is 0. The molecular weight excluding hydrogens is 250 g/mol. The Balaban J connectivity index is 2.50. The van der Waals surface area contributed by atoms with Crippen molar-refractivity contribution in [2.24, 2.45) is 0 Å². The second kappa shape index (κ2) is 4.73. The van der Waals surface area contributed by atoms with Crippen LogP contribution in [0.3, 0.4) is 0 Å². The van der Waals surface area contributed by atoms with E-state index in [2.05, 4.69) is 9.97 Å². The molecule has 2 rings (SSSR count). The van der Waals surface area contributed by atoms with Crippen LogP contribution in [-0.4, -0.2) is 24.1 Å². The van der Waals surface area contributed by atoms with Crippen molar-refractivity contribution in [3.63, 3.8) is 0 Å². The number of hydrogen-bond donors (Lipinski definition) is 1. The quantitative estimate of drug-likeness (QED) is 0.907. The number of sulfone groups is 1. The highest BCUT2D eigenvalue weighted by atomic mass is 32.2. The molecule has 94 valence electrons. The van der Waals surface area contributed by atoms with Crippen LogP contribution in [0.1, 0.15) is 6.92 Å². The van der Waals surface area contributed by atoms with Crippen molar-refractivity contribution < 1.29 is 8.42 Å². The Hall–Kier alpha value is -1.95. The lowest BCUT2D eigenvalue weighted by molar-refractivity contribution is 0.597. The molecule has 1 aromatic carbocycles. The van der Waals surface area contributed by atoms with Crippen molar-refractivity contribution in [3.8, 4) is 11.4 Å². The standard InChI is InChI=1S/C12H13N3O2S/c1-2-18(16,17)10-8-14-12(15-11(10)13)9-6-4-3-5-7-9/h3-8H,2H2,1H3,(H2,13,14,15). The monoisotopic (exact) mass is 263 g/mol. The van der Waals surface area contributed by atoms with E-state index in [1.165, 1.54) is 6.20 Å². The van der Waals surface area contributed by atoms with Crippen LogP contribution in [0, 0.1) is 0 Å². The number of rotatable bonds is 3. The molecule has 0 radical (unpaired) electrons. The summed E-state index contributed by atoms with van der Waals surface area (Å²) in [4.78, 5) is 8.09. The molecule has 0 unspecified atom stereocenters. The van der Waals surface area contributed by atoms with E-state index < -0.39 is 9.84 Å². The van der Waals surface area contributed by atoms with Crippen LogP contribution in [0.5, 0.6) is 0 Å². The zero-order valence-corrected chi connectivity index (χ0v) is 10.7. The molecule has 1 heterocycles. The summed E-state index contributed by atoms with van der Waals surface area (Å²) in [5.41, 5.74) is 6.49. The maximum absolute atomic E-state index is 11.7. The third-order valence-electron chi connectivity index (χ3n) is 2.53. The topological polar surface area (TPSA) is 85.9 Å². The third kappa shape index (κ3) is 2.33. The molecule has 0 aliphatic heterocycles. The van der Waals surface area contributed by atoms with E-state index in [0.29, 0.717) is 5.82 Å². The van der Waals surface area contributed by atoms with Crippen LogP contribution in [0.25, 0.3) is 11.4 Å². The summed E-state index contributed by atoms with van der Waals surface area (Å²) in [7, 11) is -3.38. The van der Waals surface area contributed by atoms with Gasteiger partial charge in [-0.15, -0.1) is 0 Å². The fraction of sp³-hybridized carbons (Fsp3) is 0.167.